The molecular weight excluding hydrogens is 302 g/mol. The van der Waals surface area contributed by atoms with Crippen LogP contribution in [0.1, 0.15) is 18.9 Å². The average molecular weight is 314 g/mol. The van der Waals surface area contributed by atoms with Crippen LogP contribution in [0.25, 0.3) is 0 Å². The molecule has 0 bridgehead atoms. The molecule has 0 aromatic heterocycles. The standard InChI is InChI=1S/C12H12BrNO2S/c1-8(5-12(15)16-2)17-11-4-3-9(7-14)6-10(11)13/h3-4,6,8H,5H2,1-2H3. The Labute approximate surface area is 113 Å². The maximum Gasteiger partial charge on any atom is 0.306 e. The lowest BCUT2D eigenvalue weighted by Gasteiger charge is -2.11. The Morgan fingerprint density at radius 3 is 2.88 bits per heavy atom. The van der Waals surface area contributed by atoms with E-state index >= 15 is 0 Å². The zero-order chi connectivity index (χ0) is 12.8. The van der Waals surface area contributed by atoms with Gasteiger partial charge in [-0.05, 0) is 34.1 Å². The predicted octanol–water partition coefficient (Wildman–Crippen LogP) is 3.36. The van der Waals surface area contributed by atoms with Gasteiger partial charge >= 0.3 is 5.97 Å². The van der Waals surface area contributed by atoms with Gasteiger partial charge in [-0.15, -0.1) is 11.8 Å². The minimum Gasteiger partial charge on any atom is -0.469 e. The second kappa shape index (κ2) is 6.67. The summed E-state index contributed by atoms with van der Waals surface area (Å²) in [5, 5.41) is 8.88. The fraction of sp³-hybridized carbons (Fsp3) is 0.333. The lowest BCUT2D eigenvalue weighted by atomic mass is 10.2. The van der Waals surface area contributed by atoms with Gasteiger partial charge in [0.2, 0.25) is 0 Å². The van der Waals surface area contributed by atoms with Gasteiger partial charge in [0, 0.05) is 14.6 Å². The molecule has 0 aliphatic rings. The van der Waals surface area contributed by atoms with E-state index in [1.54, 1.807) is 23.9 Å². The highest BCUT2D eigenvalue weighted by Crippen LogP contribution is 2.32. The zero-order valence-electron chi connectivity index (χ0n) is 9.57. The highest BCUT2D eigenvalue weighted by Gasteiger charge is 2.12. The summed E-state index contributed by atoms with van der Waals surface area (Å²) in [4.78, 5) is 12.1. The van der Waals surface area contributed by atoms with Gasteiger partial charge in [-0.25, -0.2) is 0 Å². The monoisotopic (exact) mass is 313 g/mol. The number of carbonyl (C=O) groups excluding carboxylic acids is 1. The smallest absolute Gasteiger partial charge is 0.306 e. The molecule has 0 saturated heterocycles. The summed E-state index contributed by atoms with van der Waals surface area (Å²) in [6.45, 7) is 1.96. The third-order valence-electron chi connectivity index (χ3n) is 2.07. The number of nitriles is 1. The first-order valence-electron chi connectivity index (χ1n) is 5.00. The minimum atomic E-state index is -0.213. The average Bonchev–Trinajstić information content (AvgIpc) is 2.31. The number of rotatable bonds is 4. The number of benzene rings is 1. The Morgan fingerprint density at radius 1 is 1.65 bits per heavy atom. The number of halogens is 1. The van der Waals surface area contributed by atoms with Crippen LogP contribution in [0.4, 0.5) is 0 Å². The van der Waals surface area contributed by atoms with Crippen LogP contribution in [0.3, 0.4) is 0 Å². The number of hydrogen-bond acceptors (Lipinski definition) is 4. The van der Waals surface area contributed by atoms with E-state index in [1.165, 1.54) is 7.11 Å². The predicted molar refractivity (Wildman–Crippen MR) is 70.8 cm³/mol. The molecule has 17 heavy (non-hydrogen) atoms. The molecule has 90 valence electrons. The van der Waals surface area contributed by atoms with Crippen molar-refractivity contribution in [1.82, 2.24) is 0 Å². The quantitative estimate of drug-likeness (QED) is 0.631. The Hall–Kier alpha value is -0.990. The van der Waals surface area contributed by atoms with Gasteiger partial charge in [-0.3, -0.25) is 4.79 Å². The van der Waals surface area contributed by atoms with Gasteiger partial charge in [0.1, 0.15) is 0 Å². The van der Waals surface area contributed by atoms with Crippen molar-refractivity contribution < 1.29 is 9.53 Å². The van der Waals surface area contributed by atoms with Crippen LogP contribution in [0, 0.1) is 11.3 Å². The largest absolute Gasteiger partial charge is 0.469 e. The van der Waals surface area contributed by atoms with Crippen molar-refractivity contribution in [2.75, 3.05) is 7.11 Å². The van der Waals surface area contributed by atoms with Crippen LogP contribution >= 0.6 is 27.7 Å². The Balaban J connectivity index is 2.69. The second-order valence-corrected chi connectivity index (χ2v) is 5.80. The maximum absolute atomic E-state index is 11.1. The number of hydrogen-bond donors (Lipinski definition) is 0. The SMILES string of the molecule is COC(=O)CC(C)Sc1ccc(C#N)cc1Br. The summed E-state index contributed by atoms with van der Waals surface area (Å²) in [5.41, 5.74) is 0.613. The van der Waals surface area contributed by atoms with E-state index in [-0.39, 0.29) is 11.2 Å². The molecule has 1 rings (SSSR count). The van der Waals surface area contributed by atoms with Gasteiger partial charge in [0.25, 0.3) is 0 Å². The second-order valence-electron chi connectivity index (χ2n) is 3.47. The van der Waals surface area contributed by atoms with Crippen LogP contribution < -0.4 is 0 Å². The molecular formula is C12H12BrNO2S. The molecule has 5 heteroatoms. The number of methoxy groups -OCH3 is 1. The summed E-state index contributed by atoms with van der Waals surface area (Å²) in [6.07, 6.45) is 0.369. The summed E-state index contributed by atoms with van der Waals surface area (Å²) in [6, 6.07) is 7.49. The van der Waals surface area contributed by atoms with Gasteiger partial charge in [-0.2, -0.15) is 5.26 Å². The van der Waals surface area contributed by atoms with Crippen molar-refractivity contribution >= 4 is 33.7 Å². The van der Waals surface area contributed by atoms with E-state index in [1.807, 2.05) is 13.0 Å². The van der Waals surface area contributed by atoms with Crippen LogP contribution in [-0.4, -0.2) is 18.3 Å². The van der Waals surface area contributed by atoms with Crippen LogP contribution in [-0.2, 0) is 9.53 Å². The summed E-state index contributed by atoms with van der Waals surface area (Å²) >= 11 is 4.99. The fourth-order valence-electron chi connectivity index (χ4n) is 1.24. The summed E-state index contributed by atoms with van der Waals surface area (Å²) in [7, 11) is 1.39. The Bertz CT molecular complexity index is 456. The first-order valence-corrected chi connectivity index (χ1v) is 6.67. The summed E-state index contributed by atoms with van der Waals surface area (Å²) < 4.78 is 5.49. The van der Waals surface area contributed by atoms with Crippen molar-refractivity contribution in [2.24, 2.45) is 0 Å². The van der Waals surface area contributed by atoms with Gasteiger partial charge < -0.3 is 4.74 Å². The molecule has 1 atom stereocenters. The molecule has 0 amide bonds. The van der Waals surface area contributed by atoms with E-state index in [4.69, 9.17) is 5.26 Å². The lowest BCUT2D eigenvalue weighted by Crippen LogP contribution is -2.08. The molecule has 0 aliphatic heterocycles. The number of thioether (sulfide) groups is 1. The molecule has 0 spiro atoms. The molecule has 0 radical (unpaired) electrons. The van der Waals surface area contributed by atoms with Gasteiger partial charge in [0.05, 0.1) is 25.2 Å². The highest BCUT2D eigenvalue weighted by atomic mass is 79.9. The topological polar surface area (TPSA) is 50.1 Å². The lowest BCUT2D eigenvalue weighted by molar-refractivity contribution is -0.140. The molecule has 0 aliphatic carbocycles. The highest BCUT2D eigenvalue weighted by molar-refractivity contribution is 9.10. The number of carbonyl (C=O) groups is 1. The van der Waals surface area contributed by atoms with Gasteiger partial charge in [0.15, 0.2) is 0 Å². The molecule has 1 aromatic carbocycles. The Morgan fingerprint density at radius 2 is 2.35 bits per heavy atom. The first-order chi connectivity index (χ1) is 8.06. The van der Waals surface area contributed by atoms with Crippen LogP contribution in [0.5, 0.6) is 0 Å². The number of esters is 1. The van der Waals surface area contributed by atoms with E-state index in [0.29, 0.717) is 12.0 Å². The molecule has 3 nitrogen and oxygen atoms in total. The van der Waals surface area contributed by atoms with Crippen molar-refractivity contribution in [2.45, 2.75) is 23.5 Å². The third kappa shape index (κ3) is 4.41. The van der Waals surface area contributed by atoms with Crippen LogP contribution in [0.15, 0.2) is 27.6 Å². The Kier molecular flexibility index (Phi) is 5.52. The van der Waals surface area contributed by atoms with Crippen molar-refractivity contribution in [3.63, 3.8) is 0 Å². The maximum atomic E-state index is 11.1. The van der Waals surface area contributed by atoms with Crippen molar-refractivity contribution in [1.29, 1.82) is 5.26 Å². The molecule has 0 saturated carbocycles. The molecule has 0 fully saturated rings. The van der Waals surface area contributed by atoms with E-state index in [2.05, 4.69) is 26.7 Å². The zero-order valence-corrected chi connectivity index (χ0v) is 12.0. The van der Waals surface area contributed by atoms with E-state index < -0.39 is 0 Å². The molecule has 0 heterocycles. The number of ether oxygens (including phenoxy) is 1. The van der Waals surface area contributed by atoms with Crippen molar-refractivity contribution in [3.8, 4) is 6.07 Å². The molecule has 0 N–H and O–H groups in total. The summed E-state index contributed by atoms with van der Waals surface area (Å²) in [5.74, 6) is -0.213. The third-order valence-corrected chi connectivity index (χ3v) is 4.17. The van der Waals surface area contributed by atoms with Crippen molar-refractivity contribution in [3.05, 3.63) is 28.2 Å². The number of nitrogens with zero attached hydrogens (tertiary/aromatic N) is 1. The normalized spacial score (nSPS) is 11.6. The minimum absolute atomic E-state index is 0.131. The first kappa shape index (κ1) is 14.1. The van der Waals surface area contributed by atoms with E-state index in [0.717, 1.165) is 9.37 Å². The molecule has 1 unspecified atom stereocenters. The fourth-order valence-corrected chi connectivity index (χ4v) is 2.87. The molecule has 1 aromatic rings. The van der Waals surface area contributed by atoms with E-state index in [9.17, 15) is 4.79 Å². The van der Waals surface area contributed by atoms with Crippen LogP contribution in [0.2, 0.25) is 0 Å². The van der Waals surface area contributed by atoms with Gasteiger partial charge in [-0.1, -0.05) is 6.92 Å².